The molecule has 0 bridgehead atoms. The van der Waals surface area contributed by atoms with Gasteiger partial charge in [0.05, 0.1) is 17.7 Å². The fourth-order valence-electron chi connectivity index (χ4n) is 5.27. The number of fused-ring (bicyclic) bond motifs is 3. The average Bonchev–Trinajstić information content (AvgIpc) is 3.44. The molecular formula is C21H23N5O3. The number of anilines is 1. The number of pyridine rings is 1. The Kier molecular flexibility index (Phi) is 3.71. The lowest BCUT2D eigenvalue weighted by Crippen LogP contribution is -2.36. The van der Waals surface area contributed by atoms with E-state index in [1.54, 1.807) is 6.33 Å². The zero-order valence-electron chi connectivity index (χ0n) is 16.2. The first-order valence-electron chi connectivity index (χ1n) is 10.1. The van der Waals surface area contributed by atoms with Crippen LogP contribution in [0.3, 0.4) is 0 Å². The monoisotopic (exact) mass is 393 g/mol. The Balaban J connectivity index is 1.34. The van der Waals surface area contributed by atoms with Gasteiger partial charge in [-0.2, -0.15) is 5.10 Å². The molecule has 1 aliphatic carbocycles. The smallest absolute Gasteiger partial charge is 0.231 e. The van der Waals surface area contributed by atoms with E-state index >= 15 is 0 Å². The van der Waals surface area contributed by atoms with Crippen LogP contribution in [0.2, 0.25) is 0 Å². The van der Waals surface area contributed by atoms with Crippen molar-refractivity contribution in [3.63, 3.8) is 0 Å². The Morgan fingerprint density at radius 2 is 1.86 bits per heavy atom. The lowest BCUT2D eigenvalue weighted by atomic mass is 9.77. The van der Waals surface area contributed by atoms with Gasteiger partial charge in [-0.25, -0.2) is 9.67 Å². The predicted octanol–water partition coefficient (Wildman–Crippen LogP) is 2.31. The fraction of sp³-hybridized carbons (Fsp3) is 0.476. The Bertz CT molecular complexity index is 1070. The molecule has 0 radical (unpaired) electrons. The minimum atomic E-state index is -0.386. The van der Waals surface area contributed by atoms with Crippen molar-refractivity contribution in [3.05, 3.63) is 36.5 Å². The van der Waals surface area contributed by atoms with Crippen LogP contribution in [0, 0.1) is 18.8 Å². The standard InChI is InChI=1S/C21H23N5O3/c1-12-2-17(15-5-20-21(29-11-28-20)6-16(15)24-12)25-7-13-3-18(26-10-22-9-23-26)19(27)4-14(13)8-25/h2,5-6,9-10,13-14,18-19,27H,3-4,7-8,11H2,1H3/t13-,14+,18-,19-/m1/s1. The topological polar surface area (TPSA) is 85.5 Å². The molecule has 2 fully saturated rings. The molecule has 29 heavy (non-hydrogen) atoms. The fourth-order valence-corrected chi connectivity index (χ4v) is 5.27. The largest absolute Gasteiger partial charge is 0.454 e. The third-order valence-electron chi connectivity index (χ3n) is 6.64. The summed E-state index contributed by atoms with van der Waals surface area (Å²) in [6.45, 7) is 4.20. The Morgan fingerprint density at radius 3 is 2.66 bits per heavy atom. The molecule has 150 valence electrons. The van der Waals surface area contributed by atoms with Crippen LogP contribution in [-0.2, 0) is 0 Å². The van der Waals surface area contributed by atoms with Crippen LogP contribution in [0.4, 0.5) is 5.69 Å². The highest BCUT2D eigenvalue weighted by Gasteiger charge is 2.43. The highest BCUT2D eigenvalue weighted by Crippen LogP contribution is 2.45. The van der Waals surface area contributed by atoms with Crippen LogP contribution in [0.1, 0.15) is 24.6 Å². The SMILES string of the molecule is Cc1cc(N2C[C@H]3C[C@@H](n4cncn4)[C@H](O)C[C@H]3C2)c2cc3c(cc2n1)OCO3. The summed E-state index contributed by atoms with van der Waals surface area (Å²) >= 11 is 0. The van der Waals surface area contributed by atoms with E-state index in [1.165, 1.54) is 12.0 Å². The molecule has 0 unspecified atom stereocenters. The highest BCUT2D eigenvalue weighted by molar-refractivity contribution is 5.94. The van der Waals surface area contributed by atoms with E-state index in [0.29, 0.717) is 11.8 Å². The van der Waals surface area contributed by atoms with Gasteiger partial charge >= 0.3 is 0 Å². The van der Waals surface area contributed by atoms with E-state index in [-0.39, 0.29) is 18.9 Å². The van der Waals surface area contributed by atoms with Crippen LogP contribution >= 0.6 is 0 Å². The van der Waals surface area contributed by atoms with Crippen molar-refractivity contribution in [1.29, 1.82) is 0 Å². The van der Waals surface area contributed by atoms with Gasteiger partial charge < -0.3 is 19.5 Å². The van der Waals surface area contributed by atoms with Gasteiger partial charge in [-0.05, 0) is 43.7 Å². The van der Waals surface area contributed by atoms with Gasteiger partial charge in [-0.3, -0.25) is 4.98 Å². The quantitative estimate of drug-likeness (QED) is 0.715. The van der Waals surface area contributed by atoms with Crippen molar-refractivity contribution in [2.75, 3.05) is 24.8 Å². The molecule has 6 rings (SSSR count). The molecule has 1 saturated heterocycles. The number of hydrogen-bond acceptors (Lipinski definition) is 7. The summed E-state index contributed by atoms with van der Waals surface area (Å²) in [5, 5.41) is 16.1. The summed E-state index contributed by atoms with van der Waals surface area (Å²) in [6, 6.07) is 6.19. The number of aliphatic hydroxyl groups is 1. The second-order valence-electron chi connectivity index (χ2n) is 8.41. The van der Waals surface area contributed by atoms with Crippen molar-refractivity contribution in [3.8, 4) is 11.5 Å². The molecule has 1 N–H and O–H groups in total. The molecule has 1 aromatic carbocycles. The third-order valence-corrected chi connectivity index (χ3v) is 6.64. The maximum absolute atomic E-state index is 10.7. The summed E-state index contributed by atoms with van der Waals surface area (Å²) < 4.78 is 12.9. The maximum Gasteiger partial charge on any atom is 0.231 e. The van der Waals surface area contributed by atoms with Crippen molar-refractivity contribution in [1.82, 2.24) is 19.7 Å². The van der Waals surface area contributed by atoms with E-state index in [2.05, 4.69) is 27.1 Å². The number of rotatable bonds is 2. The van der Waals surface area contributed by atoms with Crippen LogP contribution < -0.4 is 14.4 Å². The molecule has 4 atom stereocenters. The van der Waals surface area contributed by atoms with Crippen LogP contribution in [-0.4, -0.2) is 50.8 Å². The van der Waals surface area contributed by atoms with E-state index in [4.69, 9.17) is 14.5 Å². The molecule has 2 aromatic heterocycles. The Hall–Kier alpha value is -2.87. The second kappa shape index (κ2) is 6.32. The minimum absolute atomic E-state index is 0.00318. The second-order valence-corrected chi connectivity index (χ2v) is 8.41. The molecule has 0 amide bonds. The van der Waals surface area contributed by atoms with Gasteiger partial charge in [0.15, 0.2) is 11.5 Å². The first-order valence-corrected chi connectivity index (χ1v) is 10.1. The number of aryl methyl sites for hydroxylation is 1. The number of aromatic nitrogens is 4. The number of aliphatic hydroxyl groups excluding tert-OH is 1. The summed E-state index contributed by atoms with van der Waals surface area (Å²) in [5.41, 5.74) is 3.11. The Labute approximate surface area is 168 Å². The molecule has 8 nitrogen and oxygen atoms in total. The van der Waals surface area contributed by atoms with Crippen LogP contribution in [0.5, 0.6) is 11.5 Å². The Morgan fingerprint density at radius 1 is 1.07 bits per heavy atom. The van der Waals surface area contributed by atoms with Crippen molar-refractivity contribution in [2.45, 2.75) is 31.9 Å². The van der Waals surface area contributed by atoms with Gasteiger partial charge in [0.2, 0.25) is 6.79 Å². The van der Waals surface area contributed by atoms with Crippen molar-refractivity contribution in [2.24, 2.45) is 11.8 Å². The van der Waals surface area contributed by atoms with Gasteiger partial charge in [0, 0.05) is 35.9 Å². The summed E-state index contributed by atoms with van der Waals surface area (Å²) in [5.74, 6) is 2.53. The van der Waals surface area contributed by atoms with Crippen molar-refractivity contribution < 1.29 is 14.6 Å². The van der Waals surface area contributed by atoms with Crippen LogP contribution in [0.15, 0.2) is 30.9 Å². The number of ether oxygens (including phenoxy) is 2. The van der Waals surface area contributed by atoms with Gasteiger partial charge in [0.25, 0.3) is 0 Å². The summed E-state index contributed by atoms with van der Waals surface area (Å²) in [4.78, 5) is 11.2. The van der Waals surface area contributed by atoms with Crippen molar-refractivity contribution >= 4 is 16.6 Å². The number of benzene rings is 1. The zero-order valence-corrected chi connectivity index (χ0v) is 16.2. The first-order chi connectivity index (χ1) is 14.2. The zero-order chi connectivity index (χ0) is 19.5. The molecule has 8 heteroatoms. The highest BCUT2D eigenvalue weighted by atomic mass is 16.7. The normalized spacial score (nSPS) is 28.1. The molecule has 2 aliphatic heterocycles. The number of hydrogen-bond donors (Lipinski definition) is 1. The number of nitrogens with zero attached hydrogens (tertiary/aromatic N) is 5. The van der Waals surface area contributed by atoms with Gasteiger partial charge in [0.1, 0.15) is 12.7 Å². The van der Waals surface area contributed by atoms with Gasteiger partial charge in [-0.15, -0.1) is 0 Å². The summed E-state index contributed by atoms with van der Waals surface area (Å²) in [6.07, 6.45) is 4.57. The van der Waals surface area contributed by atoms with E-state index < -0.39 is 0 Å². The molecule has 3 aliphatic rings. The van der Waals surface area contributed by atoms with E-state index in [1.807, 2.05) is 17.7 Å². The lowest BCUT2D eigenvalue weighted by Gasteiger charge is -2.34. The summed E-state index contributed by atoms with van der Waals surface area (Å²) in [7, 11) is 0. The third kappa shape index (κ3) is 2.73. The van der Waals surface area contributed by atoms with Crippen LogP contribution in [0.25, 0.3) is 10.9 Å². The first kappa shape index (κ1) is 17.0. The average molecular weight is 393 g/mol. The maximum atomic E-state index is 10.7. The molecule has 4 heterocycles. The molecule has 3 aromatic rings. The van der Waals surface area contributed by atoms with Gasteiger partial charge in [-0.1, -0.05) is 0 Å². The predicted molar refractivity (Wildman–Crippen MR) is 106 cm³/mol. The minimum Gasteiger partial charge on any atom is -0.454 e. The molecular weight excluding hydrogens is 370 g/mol. The van der Waals surface area contributed by atoms with E-state index in [0.717, 1.165) is 54.0 Å². The molecule has 0 spiro atoms. The molecule has 1 saturated carbocycles. The lowest BCUT2D eigenvalue weighted by molar-refractivity contribution is 0.0305. The van der Waals surface area contributed by atoms with E-state index in [9.17, 15) is 5.11 Å².